The Labute approximate surface area is 60.4 Å². The first-order chi connectivity index (χ1) is 4.86. The van der Waals surface area contributed by atoms with Gasteiger partial charge in [-0.3, -0.25) is 0 Å². The van der Waals surface area contributed by atoms with Gasteiger partial charge in [-0.05, 0) is 0 Å². The molecule has 1 N–H and O–H groups in total. The fraction of sp³-hybridized carbons (Fsp3) is 1.00. The smallest absolute Gasteiger partial charge is 0.271 e. The van der Waals surface area contributed by atoms with Crippen molar-refractivity contribution in [3.05, 3.63) is 0 Å². The van der Waals surface area contributed by atoms with Crippen LogP contribution in [0.4, 0.5) is 0 Å². The van der Waals surface area contributed by atoms with E-state index in [2.05, 4.69) is 5.32 Å². The van der Waals surface area contributed by atoms with E-state index in [0.717, 1.165) is 13.1 Å². The van der Waals surface area contributed by atoms with E-state index >= 15 is 0 Å². The molecule has 0 unspecified atom stereocenters. The highest BCUT2D eigenvalue weighted by atomic mass is 16.8. The number of methoxy groups -OCH3 is 2. The molecule has 0 aliphatic carbocycles. The van der Waals surface area contributed by atoms with E-state index in [1.54, 1.807) is 14.2 Å². The van der Waals surface area contributed by atoms with Gasteiger partial charge in [-0.1, -0.05) is 0 Å². The zero-order valence-electron chi connectivity index (χ0n) is 6.29. The quantitative estimate of drug-likeness (QED) is 0.547. The summed E-state index contributed by atoms with van der Waals surface area (Å²) in [6.45, 7) is 1.28. The lowest BCUT2D eigenvalue weighted by Gasteiger charge is -2.29. The average Bonchev–Trinajstić information content (AvgIpc) is 1.87. The second-order valence-corrected chi connectivity index (χ2v) is 2.18. The predicted molar refractivity (Wildman–Crippen MR) is 35.5 cm³/mol. The van der Waals surface area contributed by atoms with Gasteiger partial charge < -0.3 is 19.5 Å². The summed E-state index contributed by atoms with van der Waals surface area (Å²) in [4.78, 5) is 0. The third kappa shape index (κ3) is 1.91. The molecule has 0 amide bonds. The molecule has 0 atom stereocenters. The highest BCUT2D eigenvalue weighted by molar-refractivity contribution is 4.74. The minimum Gasteiger partial charge on any atom is -0.333 e. The largest absolute Gasteiger partial charge is 0.333 e. The second-order valence-electron chi connectivity index (χ2n) is 2.18. The molecule has 0 aromatic heterocycles. The van der Waals surface area contributed by atoms with Crippen molar-refractivity contribution in [2.24, 2.45) is 0 Å². The molecule has 10 heavy (non-hydrogen) atoms. The summed E-state index contributed by atoms with van der Waals surface area (Å²) < 4.78 is 14.9. The molecule has 0 spiro atoms. The molecule has 60 valence electrons. The van der Waals surface area contributed by atoms with Gasteiger partial charge in [0.2, 0.25) is 0 Å². The SMILES string of the molecule is COC(OC)OC1CNC1. The first-order valence-electron chi connectivity index (χ1n) is 3.28. The van der Waals surface area contributed by atoms with Crippen LogP contribution in [-0.2, 0) is 14.2 Å². The normalized spacial score (nSPS) is 19.5. The van der Waals surface area contributed by atoms with Crippen LogP contribution >= 0.6 is 0 Å². The Hall–Kier alpha value is -0.160. The van der Waals surface area contributed by atoms with Crippen LogP contribution in [0.15, 0.2) is 0 Å². The van der Waals surface area contributed by atoms with E-state index in [1.807, 2.05) is 0 Å². The van der Waals surface area contributed by atoms with Crippen LogP contribution < -0.4 is 5.32 Å². The molecule has 0 aromatic rings. The molecule has 4 heteroatoms. The second kappa shape index (κ2) is 3.88. The lowest BCUT2D eigenvalue weighted by molar-refractivity contribution is -0.288. The van der Waals surface area contributed by atoms with E-state index in [1.165, 1.54) is 0 Å². The van der Waals surface area contributed by atoms with E-state index in [0.29, 0.717) is 0 Å². The Bertz CT molecular complexity index is 91.0. The first-order valence-corrected chi connectivity index (χ1v) is 3.28. The summed E-state index contributed by atoms with van der Waals surface area (Å²) in [5.74, 6) is 0. The minimum atomic E-state index is -0.507. The number of hydrogen-bond acceptors (Lipinski definition) is 4. The van der Waals surface area contributed by atoms with Gasteiger partial charge in [-0.25, -0.2) is 0 Å². The summed E-state index contributed by atoms with van der Waals surface area (Å²) in [6.07, 6.45) is 0.255. The van der Waals surface area contributed by atoms with E-state index in [9.17, 15) is 0 Å². The molecular formula is C6H13NO3. The third-order valence-corrected chi connectivity index (χ3v) is 1.43. The van der Waals surface area contributed by atoms with E-state index in [-0.39, 0.29) is 6.10 Å². The van der Waals surface area contributed by atoms with Gasteiger partial charge >= 0.3 is 0 Å². The van der Waals surface area contributed by atoms with Crippen LogP contribution in [0.5, 0.6) is 0 Å². The maximum absolute atomic E-state index is 5.28. The van der Waals surface area contributed by atoms with Crippen molar-refractivity contribution in [1.29, 1.82) is 0 Å². The molecule has 1 rings (SSSR count). The Balaban J connectivity index is 2.08. The zero-order valence-corrected chi connectivity index (χ0v) is 6.29. The predicted octanol–water partition coefficient (Wildman–Crippen LogP) is -0.449. The van der Waals surface area contributed by atoms with Crippen molar-refractivity contribution in [2.75, 3.05) is 27.3 Å². The Kier molecular flexibility index (Phi) is 3.08. The van der Waals surface area contributed by atoms with Crippen LogP contribution in [0.1, 0.15) is 0 Å². The van der Waals surface area contributed by atoms with Crippen molar-refractivity contribution in [3.63, 3.8) is 0 Å². The number of ether oxygens (including phenoxy) is 3. The van der Waals surface area contributed by atoms with Crippen LogP contribution in [-0.4, -0.2) is 39.9 Å². The summed E-state index contributed by atoms with van der Waals surface area (Å²) in [5.41, 5.74) is 0. The van der Waals surface area contributed by atoms with Crippen LogP contribution in [0.25, 0.3) is 0 Å². The van der Waals surface area contributed by atoms with Crippen molar-refractivity contribution >= 4 is 0 Å². The van der Waals surface area contributed by atoms with Gasteiger partial charge in [0.1, 0.15) is 0 Å². The first kappa shape index (κ1) is 7.94. The molecule has 1 saturated heterocycles. The fourth-order valence-electron chi connectivity index (χ4n) is 0.723. The Morgan fingerprint density at radius 3 is 2.20 bits per heavy atom. The van der Waals surface area contributed by atoms with E-state index in [4.69, 9.17) is 14.2 Å². The highest BCUT2D eigenvalue weighted by Crippen LogP contribution is 2.03. The van der Waals surface area contributed by atoms with Crippen molar-refractivity contribution < 1.29 is 14.2 Å². The van der Waals surface area contributed by atoms with Gasteiger partial charge in [0.05, 0.1) is 6.10 Å². The van der Waals surface area contributed by atoms with Crippen LogP contribution in [0, 0.1) is 0 Å². The monoisotopic (exact) mass is 147 g/mol. The molecule has 0 radical (unpaired) electrons. The molecule has 1 aliphatic heterocycles. The maximum Gasteiger partial charge on any atom is 0.271 e. The average molecular weight is 147 g/mol. The molecule has 1 aliphatic rings. The molecular weight excluding hydrogens is 134 g/mol. The number of nitrogens with one attached hydrogen (secondary N) is 1. The zero-order chi connectivity index (χ0) is 7.40. The van der Waals surface area contributed by atoms with E-state index < -0.39 is 6.48 Å². The van der Waals surface area contributed by atoms with Gasteiger partial charge in [-0.15, -0.1) is 0 Å². The van der Waals surface area contributed by atoms with Gasteiger partial charge in [0.25, 0.3) is 6.48 Å². The van der Waals surface area contributed by atoms with Crippen LogP contribution in [0.2, 0.25) is 0 Å². The van der Waals surface area contributed by atoms with Gasteiger partial charge in [0.15, 0.2) is 0 Å². The molecule has 0 saturated carbocycles. The highest BCUT2D eigenvalue weighted by Gasteiger charge is 2.21. The molecule has 1 fully saturated rings. The molecule has 4 nitrogen and oxygen atoms in total. The number of rotatable bonds is 4. The van der Waals surface area contributed by atoms with Crippen molar-refractivity contribution in [3.8, 4) is 0 Å². The third-order valence-electron chi connectivity index (χ3n) is 1.43. The van der Waals surface area contributed by atoms with Crippen LogP contribution in [0.3, 0.4) is 0 Å². The van der Waals surface area contributed by atoms with Crippen molar-refractivity contribution in [1.82, 2.24) is 5.32 Å². The number of hydrogen-bond donors (Lipinski definition) is 1. The maximum atomic E-state index is 5.28. The summed E-state index contributed by atoms with van der Waals surface area (Å²) in [6, 6.07) is 0. The molecule has 0 bridgehead atoms. The Morgan fingerprint density at radius 2 is 1.90 bits per heavy atom. The summed E-state index contributed by atoms with van der Waals surface area (Å²) in [5, 5.41) is 3.08. The fourth-order valence-corrected chi connectivity index (χ4v) is 0.723. The summed E-state index contributed by atoms with van der Waals surface area (Å²) >= 11 is 0. The lowest BCUT2D eigenvalue weighted by Crippen LogP contribution is -2.50. The lowest BCUT2D eigenvalue weighted by atomic mass is 10.2. The summed E-state index contributed by atoms with van der Waals surface area (Å²) in [7, 11) is 3.11. The Morgan fingerprint density at radius 1 is 1.30 bits per heavy atom. The minimum absolute atomic E-state index is 0.255. The van der Waals surface area contributed by atoms with Crippen molar-refractivity contribution in [2.45, 2.75) is 12.6 Å². The standard InChI is InChI=1S/C6H13NO3/c1-8-6(9-2)10-5-3-7-4-5/h5-7H,3-4H2,1-2H3. The molecule has 0 aromatic carbocycles. The molecule has 1 heterocycles. The van der Waals surface area contributed by atoms with Gasteiger partial charge in [-0.2, -0.15) is 0 Å². The van der Waals surface area contributed by atoms with Gasteiger partial charge in [0, 0.05) is 27.3 Å². The topological polar surface area (TPSA) is 39.7 Å².